The first-order valence-electron chi connectivity index (χ1n) is 6.22. The molecule has 21 heavy (non-hydrogen) atoms. The lowest BCUT2D eigenvalue weighted by molar-refractivity contribution is 0.102. The minimum absolute atomic E-state index is 0.312. The number of nitrogens with zero attached hydrogens (tertiary/aromatic N) is 1. The third kappa shape index (κ3) is 3.22. The number of methoxy groups -OCH3 is 3. The second-order valence-corrected chi connectivity index (χ2v) is 4.08. The van der Waals surface area contributed by atoms with Crippen molar-refractivity contribution in [1.29, 1.82) is 0 Å². The van der Waals surface area contributed by atoms with Crippen molar-refractivity contribution in [2.24, 2.45) is 0 Å². The van der Waals surface area contributed by atoms with Gasteiger partial charge < -0.3 is 19.5 Å². The zero-order valence-electron chi connectivity index (χ0n) is 12.0. The molecule has 0 spiro atoms. The molecule has 2 rings (SSSR count). The molecule has 2 aromatic rings. The number of rotatable bonds is 5. The molecule has 1 aromatic heterocycles. The van der Waals surface area contributed by atoms with Crippen molar-refractivity contribution in [2.75, 3.05) is 26.6 Å². The maximum absolute atomic E-state index is 12.2. The standard InChI is InChI=1S/C15H16N2O4/c1-19-11-7-6-10(9-13(11)21-3)15(18)17-14-12(20-2)5-4-8-16-14/h4-9H,1-3H3,(H,16,17,18). The van der Waals surface area contributed by atoms with Crippen LogP contribution in [-0.2, 0) is 0 Å². The van der Waals surface area contributed by atoms with Crippen LogP contribution >= 0.6 is 0 Å². The van der Waals surface area contributed by atoms with Crippen LogP contribution in [-0.4, -0.2) is 32.2 Å². The third-order valence-electron chi connectivity index (χ3n) is 2.87. The van der Waals surface area contributed by atoms with Crippen molar-refractivity contribution in [3.05, 3.63) is 42.1 Å². The Morgan fingerprint density at radius 2 is 1.71 bits per heavy atom. The Morgan fingerprint density at radius 3 is 2.38 bits per heavy atom. The summed E-state index contributed by atoms with van der Waals surface area (Å²) >= 11 is 0. The van der Waals surface area contributed by atoms with Gasteiger partial charge in [0.05, 0.1) is 21.3 Å². The van der Waals surface area contributed by atoms with Gasteiger partial charge in [-0.05, 0) is 30.3 Å². The molecule has 0 saturated heterocycles. The fraction of sp³-hybridized carbons (Fsp3) is 0.200. The van der Waals surface area contributed by atoms with E-state index < -0.39 is 0 Å². The predicted octanol–water partition coefficient (Wildman–Crippen LogP) is 2.36. The van der Waals surface area contributed by atoms with Crippen molar-refractivity contribution in [3.8, 4) is 17.2 Å². The van der Waals surface area contributed by atoms with Gasteiger partial charge in [0.1, 0.15) is 0 Å². The first kappa shape index (κ1) is 14.6. The Bertz CT molecular complexity index is 643. The van der Waals surface area contributed by atoms with E-state index in [1.165, 1.54) is 21.3 Å². The van der Waals surface area contributed by atoms with Gasteiger partial charge in [0, 0.05) is 11.8 Å². The maximum atomic E-state index is 12.2. The summed E-state index contributed by atoms with van der Waals surface area (Å²) in [7, 11) is 4.57. The molecular weight excluding hydrogens is 272 g/mol. The maximum Gasteiger partial charge on any atom is 0.257 e. The van der Waals surface area contributed by atoms with Gasteiger partial charge in [-0.15, -0.1) is 0 Å². The van der Waals surface area contributed by atoms with Gasteiger partial charge in [0.25, 0.3) is 5.91 Å². The van der Waals surface area contributed by atoms with Crippen LogP contribution in [0, 0.1) is 0 Å². The van der Waals surface area contributed by atoms with E-state index in [1.807, 2.05) is 0 Å². The molecule has 0 unspecified atom stereocenters. The number of pyridine rings is 1. The fourth-order valence-corrected chi connectivity index (χ4v) is 1.81. The van der Waals surface area contributed by atoms with E-state index in [9.17, 15) is 4.79 Å². The lowest BCUT2D eigenvalue weighted by Crippen LogP contribution is -2.14. The summed E-state index contributed by atoms with van der Waals surface area (Å²) in [5, 5.41) is 2.70. The van der Waals surface area contributed by atoms with Gasteiger partial charge >= 0.3 is 0 Å². The second kappa shape index (κ2) is 6.60. The number of nitrogens with one attached hydrogen (secondary N) is 1. The van der Waals surface area contributed by atoms with Crippen LogP contribution in [0.25, 0.3) is 0 Å². The Hall–Kier alpha value is -2.76. The van der Waals surface area contributed by atoms with Crippen molar-refractivity contribution in [2.45, 2.75) is 0 Å². The fourth-order valence-electron chi connectivity index (χ4n) is 1.81. The van der Waals surface area contributed by atoms with Gasteiger partial charge in [0.2, 0.25) is 0 Å². The average molecular weight is 288 g/mol. The summed E-state index contributed by atoms with van der Waals surface area (Å²) in [5.74, 6) is 1.58. The van der Waals surface area contributed by atoms with Crippen molar-refractivity contribution in [3.63, 3.8) is 0 Å². The van der Waals surface area contributed by atoms with Gasteiger partial charge in [-0.1, -0.05) is 0 Å². The number of anilines is 1. The minimum Gasteiger partial charge on any atom is -0.493 e. The quantitative estimate of drug-likeness (QED) is 0.914. The van der Waals surface area contributed by atoms with E-state index in [1.54, 1.807) is 36.5 Å². The molecule has 0 aliphatic carbocycles. The topological polar surface area (TPSA) is 69.7 Å². The Morgan fingerprint density at radius 1 is 1.00 bits per heavy atom. The summed E-state index contributed by atoms with van der Waals surface area (Å²) < 4.78 is 15.5. The Labute approximate surface area is 122 Å². The number of carbonyl (C=O) groups is 1. The summed E-state index contributed by atoms with van der Waals surface area (Å²) in [6.45, 7) is 0. The predicted molar refractivity (Wildman–Crippen MR) is 78.3 cm³/mol. The summed E-state index contributed by atoms with van der Waals surface area (Å²) in [4.78, 5) is 16.3. The molecule has 110 valence electrons. The minimum atomic E-state index is -0.312. The summed E-state index contributed by atoms with van der Waals surface area (Å²) in [6, 6.07) is 8.36. The van der Waals surface area contributed by atoms with Gasteiger partial charge in [-0.2, -0.15) is 0 Å². The normalized spacial score (nSPS) is 9.86. The molecular formula is C15H16N2O4. The molecule has 1 aromatic carbocycles. The van der Waals surface area contributed by atoms with E-state index in [2.05, 4.69) is 10.3 Å². The number of ether oxygens (including phenoxy) is 3. The van der Waals surface area contributed by atoms with Crippen molar-refractivity contribution >= 4 is 11.7 Å². The number of hydrogen-bond acceptors (Lipinski definition) is 5. The second-order valence-electron chi connectivity index (χ2n) is 4.08. The lowest BCUT2D eigenvalue weighted by atomic mass is 10.2. The van der Waals surface area contributed by atoms with Crippen LogP contribution in [0.1, 0.15) is 10.4 Å². The summed E-state index contributed by atoms with van der Waals surface area (Å²) in [5.41, 5.74) is 0.431. The third-order valence-corrected chi connectivity index (χ3v) is 2.87. The van der Waals surface area contributed by atoms with Crippen LogP contribution in [0.3, 0.4) is 0 Å². The van der Waals surface area contributed by atoms with Gasteiger partial charge in [-0.25, -0.2) is 4.98 Å². The van der Waals surface area contributed by atoms with Crippen LogP contribution in [0.15, 0.2) is 36.5 Å². The molecule has 0 aliphatic rings. The zero-order valence-corrected chi connectivity index (χ0v) is 12.0. The molecule has 1 heterocycles. The Kier molecular flexibility index (Phi) is 4.61. The highest BCUT2D eigenvalue weighted by atomic mass is 16.5. The van der Waals surface area contributed by atoms with Crippen molar-refractivity contribution < 1.29 is 19.0 Å². The van der Waals surface area contributed by atoms with E-state index in [0.717, 1.165) is 0 Å². The number of carbonyl (C=O) groups excluding carboxylic acids is 1. The SMILES string of the molecule is COc1ccc(C(=O)Nc2ncccc2OC)cc1OC. The van der Waals surface area contributed by atoms with E-state index in [0.29, 0.717) is 28.6 Å². The van der Waals surface area contributed by atoms with Gasteiger partial charge in [0.15, 0.2) is 23.1 Å². The Balaban J connectivity index is 2.24. The molecule has 6 heteroatoms. The smallest absolute Gasteiger partial charge is 0.257 e. The highest BCUT2D eigenvalue weighted by molar-refractivity contribution is 6.04. The largest absolute Gasteiger partial charge is 0.493 e. The van der Waals surface area contributed by atoms with Crippen molar-refractivity contribution in [1.82, 2.24) is 4.98 Å². The molecule has 1 N–H and O–H groups in total. The van der Waals surface area contributed by atoms with E-state index in [4.69, 9.17) is 14.2 Å². The molecule has 0 atom stereocenters. The molecule has 0 saturated carbocycles. The van der Waals surface area contributed by atoms with Crippen LogP contribution < -0.4 is 19.5 Å². The molecule has 0 radical (unpaired) electrons. The average Bonchev–Trinajstić information content (AvgIpc) is 2.54. The van der Waals surface area contributed by atoms with Crippen LogP contribution in [0.4, 0.5) is 5.82 Å². The lowest BCUT2D eigenvalue weighted by Gasteiger charge is -2.11. The molecule has 0 aliphatic heterocycles. The molecule has 0 fully saturated rings. The van der Waals surface area contributed by atoms with Gasteiger partial charge in [-0.3, -0.25) is 4.79 Å². The van der Waals surface area contributed by atoms with E-state index in [-0.39, 0.29) is 5.91 Å². The monoisotopic (exact) mass is 288 g/mol. The molecule has 1 amide bonds. The van der Waals surface area contributed by atoms with Crippen LogP contribution in [0.2, 0.25) is 0 Å². The number of hydrogen-bond donors (Lipinski definition) is 1. The molecule has 6 nitrogen and oxygen atoms in total. The zero-order chi connectivity index (χ0) is 15.2. The van der Waals surface area contributed by atoms with Crippen LogP contribution in [0.5, 0.6) is 17.2 Å². The number of benzene rings is 1. The summed E-state index contributed by atoms with van der Waals surface area (Å²) in [6.07, 6.45) is 1.58. The van der Waals surface area contributed by atoms with E-state index >= 15 is 0 Å². The highest BCUT2D eigenvalue weighted by Crippen LogP contribution is 2.28. The first-order chi connectivity index (χ1) is 10.2. The number of aromatic nitrogens is 1. The first-order valence-corrected chi connectivity index (χ1v) is 6.22. The highest BCUT2D eigenvalue weighted by Gasteiger charge is 2.13. The number of amides is 1. The molecule has 0 bridgehead atoms.